The highest BCUT2D eigenvalue weighted by atomic mass is 15.2. The number of likely N-dealkylation sites (N-methyl/N-ethyl adjacent to an activating group) is 1. The molecular weight excluding hydrogens is 196 g/mol. The zero-order chi connectivity index (χ0) is 11.8. The van der Waals surface area contributed by atoms with Gasteiger partial charge in [-0.2, -0.15) is 0 Å². The van der Waals surface area contributed by atoms with Crippen LogP contribution in [0.1, 0.15) is 52.9 Å². The van der Waals surface area contributed by atoms with Crippen LogP contribution >= 0.6 is 0 Å². The van der Waals surface area contributed by atoms with E-state index in [1.54, 1.807) is 0 Å². The van der Waals surface area contributed by atoms with Crippen molar-refractivity contribution in [3.05, 3.63) is 0 Å². The van der Waals surface area contributed by atoms with Gasteiger partial charge in [0.2, 0.25) is 0 Å². The molecule has 0 aromatic rings. The first-order valence-corrected chi connectivity index (χ1v) is 7.03. The molecule has 2 heteroatoms. The molecule has 1 saturated heterocycles. The summed E-state index contributed by atoms with van der Waals surface area (Å²) >= 11 is 0. The van der Waals surface area contributed by atoms with Gasteiger partial charge in [0, 0.05) is 18.1 Å². The van der Waals surface area contributed by atoms with E-state index in [1.807, 2.05) is 0 Å². The molecule has 3 unspecified atom stereocenters. The monoisotopic (exact) mass is 224 g/mol. The lowest BCUT2D eigenvalue weighted by Crippen LogP contribution is -2.51. The lowest BCUT2D eigenvalue weighted by Gasteiger charge is -2.38. The predicted octanol–water partition coefficient (Wildman–Crippen LogP) is 2.64. The van der Waals surface area contributed by atoms with Crippen LogP contribution in [0, 0.1) is 5.41 Å². The first-order valence-electron chi connectivity index (χ1n) is 7.03. The van der Waals surface area contributed by atoms with Crippen molar-refractivity contribution in [2.45, 2.75) is 71.0 Å². The van der Waals surface area contributed by atoms with Crippen molar-refractivity contribution in [3.63, 3.8) is 0 Å². The third kappa shape index (κ3) is 2.02. The Balaban J connectivity index is 2.09. The number of nitrogens with zero attached hydrogens (tertiary/aromatic N) is 1. The quantitative estimate of drug-likeness (QED) is 0.793. The normalized spacial score (nSPS) is 39.4. The number of hydrogen-bond donors (Lipinski definition) is 1. The van der Waals surface area contributed by atoms with Crippen molar-refractivity contribution in [3.8, 4) is 0 Å². The first kappa shape index (κ1) is 12.4. The van der Waals surface area contributed by atoms with Crippen LogP contribution in [0.3, 0.4) is 0 Å². The predicted molar refractivity (Wildman–Crippen MR) is 69.7 cm³/mol. The van der Waals surface area contributed by atoms with Crippen LogP contribution < -0.4 is 5.32 Å². The Morgan fingerprint density at radius 1 is 1.31 bits per heavy atom. The topological polar surface area (TPSA) is 15.3 Å². The zero-order valence-corrected chi connectivity index (χ0v) is 11.4. The SMILES string of the molecule is CCC1CCCN1C1CCC(C)(C)C1NC. The van der Waals surface area contributed by atoms with Gasteiger partial charge in [0.05, 0.1) is 0 Å². The summed E-state index contributed by atoms with van der Waals surface area (Å²) in [5, 5.41) is 3.58. The fourth-order valence-electron chi connectivity index (χ4n) is 4.04. The second kappa shape index (κ2) is 4.66. The molecule has 0 aromatic heterocycles. The van der Waals surface area contributed by atoms with Gasteiger partial charge < -0.3 is 5.32 Å². The van der Waals surface area contributed by atoms with Crippen LogP contribution in [0.5, 0.6) is 0 Å². The highest BCUT2D eigenvalue weighted by molar-refractivity contribution is 5.02. The fraction of sp³-hybridized carbons (Fsp3) is 1.00. The summed E-state index contributed by atoms with van der Waals surface area (Å²) < 4.78 is 0. The van der Waals surface area contributed by atoms with Crippen LogP contribution in [0.25, 0.3) is 0 Å². The number of nitrogens with one attached hydrogen (secondary N) is 1. The van der Waals surface area contributed by atoms with Crippen LogP contribution in [0.2, 0.25) is 0 Å². The summed E-state index contributed by atoms with van der Waals surface area (Å²) in [5.41, 5.74) is 0.473. The maximum absolute atomic E-state index is 3.58. The molecule has 1 aliphatic carbocycles. The molecule has 3 atom stereocenters. The van der Waals surface area contributed by atoms with Crippen molar-refractivity contribution in [1.82, 2.24) is 10.2 Å². The Kier molecular flexibility index (Phi) is 3.60. The van der Waals surface area contributed by atoms with Gasteiger partial charge in [-0.05, 0) is 51.1 Å². The van der Waals surface area contributed by atoms with Gasteiger partial charge in [-0.15, -0.1) is 0 Å². The van der Waals surface area contributed by atoms with E-state index in [4.69, 9.17) is 0 Å². The van der Waals surface area contributed by atoms with E-state index >= 15 is 0 Å². The maximum atomic E-state index is 3.58. The van der Waals surface area contributed by atoms with E-state index < -0.39 is 0 Å². The molecular formula is C14H28N2. The largest absolute Gasteiger partial charge is 0.315 e. The van der Waals surface area contributed by atoms with E-state index in [0.717, 1.165) is 12.1 Å². The Labute approximate surface area is 101 Å². The molecule has 2 nitrogen and oxygen atoms in total. The molecule has 94 valence electrons. The Morgan fingerprint density at radius 3 is 2.69 bits per heavy atom. The summed E-state index contributed by atoms with van der Waals surface area (Å²) in [6, 6.07) is 2.32. The van der Waals surface area contributed by atoms with Crippen molar-refractivity contribution >= 4 is 0 Å². The molecule has 2 fully saturated rings. The van der Waals surface area contributed by atoms with Crippen LogP contribution in [0.15, 0.2) is 0 Å². The highest BCUT2D eigenvalue weighted by Crippen LogP contribution is 2.41. The van der Waals surface area contributed by atoms with Crippen molar-refractivity contribution in [2.24, 2.45) is 5.41 Å². The minimum absolute atomic E-state index is 0.473. The smallest absolute Gasteiger partial charge is 0.0271 e. The lowest BCUT2D eigenvalue weighted by atomic mass is 9.86. The second-order valence-corrected chi connectivity index (χ2v) is 6.30. The first-order chi connectivity index (χ1) is 7.60. The van der Waals surface area contributed by atoms with Crippen molar-refractivity contribution in [2.75, 3.05) is 13.6 Å². The average Bonchev–Trinajstić information content (AvgIpc) is 2.80. The molecule has 0 spiro atoms. The number of rotatable bonds is 3. The van der Waals surface area contributed by atoms with Gasteiger partial charge in [-0.3, -0.25) is 4.90 Å². The molecule has 2 aliphatic rings. The molecule has 0 radical (unpaired) electrons. The standard InChI is InChI=1S/C14H28N2/c1-5-11-7-6-10-16(11)12-8-9-14(2,3)13(12)15-4/h11-13,15H,5-10H2,1-4H3. The van der Waals surface area contributed by atoms with Gasteiger partial charge in [0.25, 0.3) is 0 Å². The van der Waals surface area contributed by atoms with Gasteiger partial charge >= 0.3 is 0 Å². The number of likely N-dealkylation sites (tertiary alicyclic amines) is 1. The van der Waals surface area contributed by atoms with Gasteiger partial charge in [0.1, 0.15) is 0 Å². The molecule has 1 aliphatic heterocycles. The van der Waals surface area contributed by atoms with Gasteiger partial charge in [0.15, 0.2) is 0 Å². The summed E-state index contributed by atoms with van der Waals surface area (Å²) in [5.74, 6) is 0. The fourth-order valence-corrected chi connectivity index (χ4v) is 4.04. The van der Waals surface area contributed by atoms with E-state index in [1.165, 1.54) is 38.6 Å². The van der Waals surface area contributed by atoms with Crippen molar-refractivity contribution < 1.29 is 0 Å². The van der Waals surface area contributed by atoms with E-state index in [0.29, 0.717) is 11.5 Å². The molecule has 2 rings (SSSR count). The lowest BCUT2D eigenvalue weighted by molar-refractivity contribution is 0.133. The van der Waals surface area contributed by atoms with Gasteiger partial charge in [-0.1, -0.05) is 20.8 Å². The Bertz CT molecular complexity index is 237. The minimum Gasteiger partial charge on any atom is -0.315 e. The van der Waals surface area contributed by atoms with Crippen molar-refractivity contribution in [1.29, 1.82) is 0 Å². The molecule has 0 amide bonds. The van der Waals surface area contributed by atoms with E-state index in [2.05, 4.69) is 38.0 Å². The summed E-state index contributed by atoms with van der Waals surface area (Å²) in [4.78, 5) is 2.80. The highest BCUT2D eigenvalue weighted by Gasteiger charge is 2.45. The van der Waals surface area contributed by atoms with Gasteiger partial charge in [-0.25, -0.2) is 0 Å². The summed E-state index contributed by atoms with van der Waals surface area (Å²) in [6.45, 7) is 8.52. The second-order valence-electron chi connectivity index (χ2n) is 6.30. The molecule has 0 aromatic carbocycles. The van der Waals surface area contributed by atoms with E-state index in [-0.39, 0.29) is 0 Å². The molecule has 1 N–H and O–H groups in total. The van der Waals surface area contributed by atoms with Crippen LogP contribution in [-0.2, 0) is 0 Å². The van der Waals surface area contributed by atoms with Crippen LogP contribution in [0.4, 0.5) is 0 Å². The molecule has 1 saturated carbocycles. The zero-order valence-electron chi connectivity index (χ0n) is 11.4. The molecule has 0 bridgehead atoms. The Hall–Kier alpha value is -0.0800. The maximum Gasteiger partial charge on any atom is 0.0271 e. The molecule has 16 heavy (non-hydrogen) atoms. The summed E-state index contributed by atoms with van der Waals surface area (Å²) in [7, 11) is 2.14. The third-order valence-electron chi connectivity index (χ3n) is 4.94. The van der Waals surface area contributed by atoms with E-state index in [9.17, 15) is 0 Å². The summed E-state index contributed by atoms with van der Waals surface area (Å²) in [6.07, 6.45) is 6.91. The number of hydrogen-bond acceptors (Lipinski definition) is 2. The Morgan fingerprint density at radius 2 is 2.06 bits per heavy atom. The third-order valence-corrected chi connectivity index (χ3v) is 4.94. The average molecular weight is 224 g/mol. The molecule has 1 heterocycles. The van der Waals surface area contributed by atoms with Crippen LogP contribution in [-0.4, -0.2) is 36.6 Å². The minimum atomic E-state index is 0.473.